The summed E-state index contributed by atoms with van der Waals surface area (Å²) < 4.78 is 0. The van der Waals surface area contributed by atoms with Gasteiger partial charge in [-0.25, -0.2) is 0 Å². The number of aliphatic hydroxyl groups is 1. The molecule has 0 saturated carbocycles. The van der Waals surface area contributed by atoms with Crippen LogP contribution >= 0.6 is 0 Å². The molecule has 2 aromatic heterocycles. The number of rotatable bonds is 4. The fourth-order valence-corrected chi connectivity index (χ4v) is 5.58. The molecule has 6 nitrogen and oxygen atoms in total. The number of ketones is 1. The fourth-order valence-electron chi connectivity index (χ4n) is 5.58. The van der Waals surface area contributed by atoms with E-state index in [1.165, 1.54) is 0 Å². The normalized spacial score (nSPS) is 22.5. The Morgan fingerprint density at radius 3 is 2.18 bits per heavy atom. The number of carbonyl (C=O) groups is 1. The van der Waals surface area contributed by atoms with Crippen LogP contribution < -0.4 is 5.32 Å². The zero-order chi connectivity index (χ0) is 24.4. The Labute approximate surface area is 200 Å². The highest BCUT2D eigenvalue weighted by Gasteiger charge is 2.46. The Morgan fingerprint density at radius 2 is 1.59 bits per heavy atom. The van der Waals surface area contributed by atoms with Gasteiger partial charge in [-0.05, 0) is 36.1 Å². The van der Waals surface area contributed by atoms with Gasteiger partial charge in [0, 0.05) is 58.1 Å². The summed E-state index contributed by atoms with van der Waals surface area (Å²) in [6, 6.07) is 3.84. The lowest BCUT2D eigenvalue weighted by Crippen LogP contribution is -2.33. The third-order valence-corrected chi connectivity index (χ3v) is 7.50. The molecule has 2 N–H and O–H groups in total. The van der Waals surface area contributed by atoms with Crippen molar-refractivity contribution < 1.29 is 9.90 Å². The van der Waals surface area contributed by atoms with Crippen molar-refractivity contribution in [3.8, 4) is 0 Å². The molecular weight excluding hydrogens is 424 g/mol. The van der Waals surface area contributed by atoms with Crippen molar-refractivity contribution in [2.75, 3.05) is 5.32 Å². The second kappa shape index (κ2) is 7.49. The molecule has 0 radical (unpaired) electrons. The number of fused-ring (bicyclic) bond motifs is 2. The fraction of sp³-hybridized carbons (Fsp3) is 0.357. The highest BCUT2D eigenvalue weighted by molar-refractivity contribution is 6.27. The molecule has 0 amide bonds. The van der Waals surface area contributed by atoms with Gasteiger partial charge in [-0.1, -0.05) is 41.5 Å². The monoisotopic (exact) mass is 454 g/mol. The van der Waals surface area contributed by atoms with Crippen LogP contribution in [0.25, 0.3) is 0 Å². The van der Waals surface area contributed by atoms with Crippen LogP contribution in [0, 0.1) is 0 Å². The molecule has 0 spiro atoms. The average Bonchev–Trinajstić information content (AvgIpc) is 3.25. The van der Waals surface area contributed by atoms with E-state index in [1.807, 2.05) is 38.4 Å². The van der Waals surface area contributed by atoms with E-state index in [-0.39, 0.29) is 17.0 Å². The summed E-state index contributed by atoms with van der Waals surface area (Å²) in [4.78, 5) is 27.1. The molecule has 5 rings (SSSR count). The summed E-state index contributed by atoms with van der Waals surface area (Å²) in [6.45, 7) is 12.4. The van der Waals surface area contributed by atoms with Gasteiger partial charge in [0.15, 0.2) is 0 Å². The first-order chi connectivity index (χ1) is 16.1. The summed E-state index contributed by atoms with van der Waals surface area (Å²) in [5, 5.41) is 14.8. The van der Waals surface area contributed by atoms with Gasteiger partial charge in [0.05, 0.1) is 22.5 Å². The number of hydrogen-bond donors (Lipinski definition) is 2. The van der Waals surface area contributed by atoms with E-state index >= 15 is 0 Å². The van der Waals surface area contributed by atoms with Gasteiger partial charge in [0.2, 0.25) is 5.78 Å². The number of hydrogen-bond acceptors (Lipinski definition) is 6. The molecule has 0 fully saturated rings. The Hall–Kier alpha value is -3.54. The molecule has 174 valence electrons. The molecule has 6 heteroatoms. The van der Waals surface area contributed by atoms with Crippen molar-refractivity contribution in [3.05, 3.63) is 81.8 Å². The Bertz CT molecular complexity index is 1370. The molecular formula is C28H30N4O2. The number of carbonyl (C=O) groups excluding carboxylic acids is 1. The molecule has 0 aromatic carbocycles. The number of pyridine rings is 2. The molecule has 2 aliphatic heterocycles. The maximum Gasteiger partial charge on any atom is 0.201 e. The van der Waals surface area contributed by atoms with Crippen LogP contribution in [-0.2, 0) is 15.6 Å². The lowest BCUT2D eigenvalue weighted by Gasteiger charge is -2.31. The zero-order valence-corrected chi connectivity index (χ0v) is 20.6. The molecule has 4 heterocycles. The summed E-state index contributed by atoms with van der Waals surface area (Å²) in [6.07, 6.45) is 8.42. The number of aliphatic hydroxyl groups excluding tert-OH is 1. The molecule has 34 heavy (non-hydrogen) atoms. The van der Waals surface area contributed by atoms with Crippen molar-refractivity contribution in [2.45, 2.75) is 65.2 Å². The minimum absolute atomic E-state index is 0.0745. The number of aromatic nitrogens is 2. The van der Waals surface area contributed by atoms with Crippen LogP contribution in [0.2, 0.25) is 0 Å². The molecule has 3 aliphatic rings. The first-order valence-corrected chi connectivity index (χ1v) is 11.9. The van der Waals surface area contributed by atoms with Gasteiger partial charge in [-0.3, -0.25) is 19.8 Å². The number of anilines is 1. The van der Waals surface area contributed by atoms with Crippen LogP contribution in [0.5, 0.6) is 0 Å². The summed E-state index contributed by atoms with van der Waals surface area (Å²) in [5.41, 5.74) is 7.48. The van der Waals surface area contributed by atoms with Gasteiger partial charge in [-0.15, -0.1) is 0 Å². The number of nitrogens with zero attached hydrogens (tertiary/aromatic N) is 3. The van der Waals surface area contributed by atoms with Crippen LogP contribution in [0.15, 0.2) is 75.7 Å². The van der Waals surface area contributed by atoms with Gasteiger partial charge in [0.1, 0.15) is 5.76 Å². The van der Waals surface area contributed by atoms with E-state index in [0.717, 1.165) is 45.1 Å². The quantitative estimate of drug-likeness (QED) is 0.553. The predicted octanol–water partition coefficient (Wildman–Crippen LogP) is 6.01. The third-order valence-electron chi connectivity index (χ3n) is 7.50. The lowest BCUT2D eigenvalue weighted by atomic mass is 9.71. The van der Waals surface area contributed by atoms with Gasteiger partial charge < -0.3 is 10.4 Å². The van der Waals surface area contributed by atoms with E-state index in [0.29, 0.717) is 24.0 Å². The van der Waals surface area contributed by atoms with Gasteiger partial charge >= 0.3 is 0 Å². The van der Waals surface area contributed by atoms with Crippen molar-refractivity contribution in [3.63, 3.8) is 0 Å². The van der Waals surface area contributed by atoms with Crippen LogP contribution in [0.4, 0.5) is 11.4 Å². The highest BCUT2D eigenvalue weighted by Crippen LogP contribution is 2.49. The van der Waals surface area contributed by atoms with Crippen molar-refractivity contribution >= 4 is 22.9 Å². The Balaban J connectivity index is 1.64. The van der Waals surface area contributed by atoms with E-state index in [9.17, 15) is 9.90 Å². The van der Waals surface area contributed by atoms with Crippen molar-refractivity contribution in [1.29, 1.82) is 0 Å². The van der Waals surface area contributed by atoms with E-state index < -0.39 is 5.41 Å². The predicted molar refractivity (Wildman–Crippen MR) is 135 cm³/mol. The topological polar surface area (TPSA) is 87.5 Å². The van der Waals surface area contributed by atoms with Crippen molar-refractivity contribution in [1.82, 2.24) is 9.97 Å². The van der Waals surface area contributed by atoms with Gasteiger partial charge in [0.25, 0.3) is 0 Å². The van der Waals surface area contributed by atoms with E-state index in [1.54, 1.807) is 12.4 Å². The van der Waals surface area contributed by atoms with E-state index in [2.05, 4.69) is 43.0 Å². The molecule has 0 saturated heterocycles. The van der Waals surface area contributed by atoms with Crippen LogP contribution in [-0.4, -0.2) is 26.6 Å². The average molecular weight is 455 g/mol. The molecule has 0 atom stereocenters. The first kappa shape index (κ1) is 22.3. The maximum absolute atomic E-state index is 13.6. The molecule has 0 unspecified atom stereocenters. The molecule has 0 bridgehead atoms. The smallest absolute Gasteiger partial charge is 0.201 e. The van der Waals surface area contributed by atoms with Gasteiger partial charge in [-0.2, -0.15) is 0 Å². The highest BCUT2D eigenvalue weighted by atomic mass is 16.3. The number of allylic oxidation sites excluding steroid dienone is 5. The standard InChI is InChI=1S/C28H30N4O2/c1-7-15(25-27(3,4)17-13-29-11-9-19(17)31-25)21-23(33)22(24(21)34)16(8-2)26-28(5,6)18-14-30-12-10-20(18)32-26/h9-14,31,33H,7-8H2,1-6H3. The second-order valence-electron chi connectivity index (χ2n) is 10.1. The number of nitrogens with one attached hydrogen (secondary N) is 1. The molecule has 2 aromatic rings. The number of aliphatic imine (C=N–C) groups is 1. The number of Topliss-reactive ketones (excluding diaryl/α,β-unsaturated/α-hetero) is 1. The van der Waals surface area contributed by atoms with Crippen LogP contribution in [0.1, 0.15) is 65.5 Å². The Morgan fingerprint density at radius 1 is 0.941 bits per heavy atom. The minimum atomic E-state index is -0.395. The van der Waals surface area contributed by atoms with E-state index in [4.69, 9.17) is 4.99 Å². The lowest BCUT2D eigenvalue weighted by molar-refractivity contribution is -0.113. The largest absolute Gasteiger partial charge is 0.506 e. The van der Waals surface area contributed by atoms with Crippen LogP contribution in [0.3, 0.4) is 0 Å². The second-order valence-corrected chi connectivity index (χ2v) is 10.1. The maximum atomic E-state index is 13.6. The third kappa shape index (κ3) is 2.87. The minimum Gasteiger partial charge on any atom is -0.506 e. The summed E-state index contributed by atoms with van der Waals surface area (Å²) in [7, 11) is 0. The molecule has 1 aliphatic carbocycles. The zero-order valence-electron chi connectivity index (χ0n) is 20.6. The SMILES string of the molecule is CCC(C1=Nc2ccncc2C1(C)C)=C1C(=O)C(C(CC)=C2Nc3ccncc3C2(C)C)=C1O. The first-order valence-electron chi connectivity index (χ1n) is 11.9. The summed E-state index contributed by atoms with van der Waals surface area (Å²) >= 11 is 0. The Kier molecular flexibility index (Phi) is 4.90. The summed E-state index contributed by atoms with van der Waals surface area (Å²) in [5.74, 6) is -0.0385. The van der Waals surface area contributed by atoms with Crippen molar-refractivity contribution in [2.24, 2.45) is 4.99 Å².